The minimum Gasteiger partial charge on any atom is -0.338 e. The van der Waals surface area contributed by atoms with Gasteiger partial charge in [0.15, 0.2) is 5.65 Å². The van der Waals surface area contributed by atoms with Crippen molar-refractivity contribution < 1.29 is 4.79 Å². The van der Waals surface area contributed by atoms with Crippen LogP contribution in [0.25, 0.3) is 5.65 Å². The lowest BCUT2D eigenvalue weighted by Crippen LogP contribution is -2.60. The number of carbonyl (C=O) groups is 1. The van der Waals surface area contributed by atoms with E-state index in [4.69, 9.17) is 0 Å². The molecule has 4 atom stereocenters. The third-order valence-corrected chi connectivity index (χ3v) is 7.30. The SMILES string of the molecule is O=C(c1ccc2nnnn2c1)N1C[C@@H]2C[C@H](C1)[C@@H]1CCC[C@H](c3ccccc3)N1C2. The summed E-state index contributed by atoms with van der Waals surface area (Å²) in [6.45, 7) is 2.79. The highest BCUT2D eigenvalue weighted by Gasteiger charge is 2.45. The number of hydrogen-bond donors (Lipinski definition) is 0. The van der Waals surface area contributed by atoms with Gasteiger partial charge in [-0.2, -0.15) is 4.52 Å². The monoisotopic (exact) mass is 402 g/mol. The second-order valence-corrected chi connectivity index (χ2v) is 9.09. The Kier molecular flexibility index (Phi) is 4.30. The Hall–Kier alpha value is -2.80. The van der Waals surface area contributed by atoms with Crippen LogP contribution >= 0.6 is 0 Å². The molecule has 0 radical (unpaired) electrons. The van der Waals surface area contributed by atoms with Gasteiger partial charge in [-0.25, -0.2) is 0 Å². The molecule has 0 saturated carbocycles. The quantitative estimate of drug-likeness (QED) is 0.659. The molecule has 3 aromatic rings. The first-order chi connectivity index (χ1) is 14.8. The normalized spacial score (nSPS) is 29.0. The van der Waals surface area contributed by atoms with E-state index in [1.54, 1.807) is 10.7 Å². The van der Waals surface area contributed by atoms with Gasteiger partial charge < -0.3 is 4.90 Å². The summed E-state index contributed by atoms with van der Waals surface area (Å²) < 4.78 is 1.57. The molecular weight excluding hydrogens is 376 g/mol. The zero-order valence-corrected chi connectivity index (χ0v) is 17.0. The number of aromatic nitrogens is 4. The van der Waals surface area contributed by atoms with Crippen molar-refractivity contribution >= 4 is 11.6 Å². The highest BCUT2D eigenvalue weighted by molar-refractivity contribution is 5.94. The maximum Gasteiger partial charge on any atom is 0.255 e. The number of rotatable bonds is 2. The fraction of sp³-hybridized carbons (Fsp3) is 0.478. The van der Waals surface area contributed by atoms with Crippen LogP contribution in [0, 0.1) is 11.8 Å². The van der Waals surface area contributed by atoms with Crippen LogP contribution in [0.5, 0.6) is 0 Å². The third-order valence-electron chi connectivity index (χ3n) is 7.30. The Labute approximate surface area is 175 Å². The molecule has 0 aliphatic carbocycles. The lowest BCUT2D eigenvalue weighted by atomic mass is 9.74. The molecule has 1 aromatic carbocycles. The van der Waals surface area contributed by atoms with Crippen LogP contribution in [0.1, 0.15) is 47.6 Å². The first-order valence-corrected chi connectivity index (χ1v) is 11.0. The summed E-state index contributed by atoms with van der Waals surface area (Å²) in [5.41, 5.74) is 2.77. The fourth-order valence-electron chi connectivity index (χ4n) is 6.06. The molecule has 2 aromatic heterocycles. The number of pyridine rings is 1. The molecule has 6 rings (SSSR count). The predicted molar refractivity (Wildman–Crippen MR) is 112 cm³/mol. The molecule has 2 bridgehead atoms. The van der Waals surface area contributed by atoms with Crippen molar-refractivity contribution in [2.24, 2.45) is 11.8 Å². The molecule has 7 nitrogen and oxygen atoms in total. The van der Waals surface area contributed by atoms with Crippen LogP contribution in [0.2, 0.25) is 0 Å². The molecule has 3 saturated heterocycles. The van der Waals surface area contributed by atoms with Crippen LogP contribution in [0.3, 0.4) is 0 Å². The number of amides is 1. The molecule has 5 heterocycles. The van der Waals surface area contributed by atoms with Crippen molar-refractivity contribution in [3.05, 3.63) is 59.8 Å². The van der Waals surface area contributed by atoms with Crippen LogP contribution in [-0.2, 0) is 0 Å². The van der Waals surface area contributed by atoms with E-state index in [0.29, 0.717) is 35.1 Å². The van der Waals surface area contributed by atoms with Gasteiger partial charge in [0, 0.05) is 37.9 Å². The number of fused-ring (bicyclic) bond motifs is 5. The van der Waals surface area contributed by atoms with Crippen LogP contribution in [-0.4, -0.2) is 61.4 Å². The minimum atomic E-state index is 0.103. The number of carbonyl (C=O) groups excluding carboxylic acids is 1. The van der Waals surface area contributed by atoms with Crippen LogP contribution in [0.15, 0.2) is 48.7 Å². The van der Waals surface area contributed by atoms with Crippen molar-refractivity contribution in [1.82, 2.24) is 29.8 Å². The highest BCUT2D eigenvalue weighted by Crippen LogP contribution is 2.44. The number of piperidine rings is 3. The summed E-state index contributed by atoms with van der Waals surface area (Å²) >= 11 is 0. The predicted octanol–water partition coefficient (Wildman–Crippen LogP) is 2.81. The molecule has 3 aliphatic rings. The summed E-state index contributed by atoms with van der Waals surface area (Å²) in [4.78, 5) is 18.1. The maximum atomic E-state index is 13.3. The molecule has 1 amide bonds. The first kappa shape index (κ1) is 18.0. The molecule has 3 aliphatic heterocycles. The summed E-state index contributed by atoms with van der Waals surface area (Å²) in [5, 5.41) is 11.5. The Balaban J connectivity index is 1.23. The van der Waals surface area contributed by atoms with E-state index >= 15 is 0 Å². The van der Waals surface area contributed by atoms with Gasteiger partial charge in [0.25, 0.3) is 5.91 Å². The summed E-state index contributed by atoms with van der Waals surface area (Å²) in [7, 11) is 0. The van der Waals surface area contributed by atoms with Gasteiger partial charge in [0.1, 0.15) is 0 Å². The van der Waals surface area contributed by atoms with E-state index < -0.39 is 0 Å². The molecule has 30 heavy (non-hydrogen) atoms. The van der Waals surface area contributed by atoms with Crippen molar-refractivity contribution in [1.29, 1.82) is 0 Å². The van der Waals surface area contributed by atoms with Crippen molar-refractivity contribution in [3.63, 3.8) is 0 Å². The maximum absolute atomic E-state index is 13.3. The number of benzene rings is 1. The molecule has 0 unspecified atom stereocenters. The largest absolute Gasteiger partial charge is 0.338 e. The Bertz CT molecular complexity index is 1070. The topological polar surface area (TPSA) is 66.6 Å². The van der Waals surface area contributed by atoms with Gasteiger partial charge in [-0.3, -0.25) is 9.69 Å². The summed E-state index contributed by atoms with van der Waals surface area (Å²) in [6.07, 6.45) is 6.76. The van der Waals surface area contributed by atoms with Crippen LogP contribution < -0.4 is 0 Å². The first-order valence-electron chi connectivity index (χ1n) is 11.0. The molecule has 154 valence electrons. The van der Waals surface area contributed by atoms with E-state index in [1.807, 2.05) is 12.1 Å². The van der Waals surface area contributed by atoms with Crippen molar-refractivity contribution in [2.45, 2.75) is 37.8 Å². The van der Waals surface area contributed by atoms with Gasteiger partial charge in [-0.05, 0) is 65.6 Å². The average Bonchev–Trinajstić information content (AvgIpc) is 3.26. The number of tetrazole rings is 1. The smallest absolute Gasteiger partial charge is 0.255 e. The van der Waals surface area contributed by atoms with E-state index in [9.17, 15) is 4.79 Å². The second kappa shape index (κ2) is 7.16. The van der Waals surface area contributed by atoms with Crippen LogP contribution in [0.4, 0.5) is 0 Å². The Morgan fingerprint density at radius 2 is 1.90 bits per heavy atom. The van der Waals surface area contributed by atoms with E-state index in [0.717, 1.165) is 19.6 Å². The molecule has 0 N–H and O–H groups in total. The molecule has 7 heteroatoms. The van der Waals surface area contributed by atoms with Crippen molar-refractivity contribution in [3.8, 4) is 0 Å². The van der Waals surface area contributed by atoms with E-state index in [-0.39, 0.29) is 5.91 Å². The molecular formula is C23H26N6O. The van der Waals surface area contributed by atoms with Gasteiger partial charge in [0.2, 0.25) is 0 Å². The third kappa shape index (κ3) is 2.99. The van der Waals surface area contributed by atoms with Gasteiger partial charge in [-0.15, -0.1) is 5.10 Å². The van der Waals surface area contributed by atoms with Gasteiger partial charge in [0.05, 0.1) is 5.56 Å². The second-order valence-electron chi connectivity index (χ2n) is 9.09. The fourth-order valence-corrected chi connectivity index (χ4v) is 6.06. The Morgan fingerprint density at radius 3 is 2.80 bits per heavy atom. The summed E-state index contributed by atoms with van der Waals surface area (Å²) in [5.74, 6) is 1.21. The number of nitrogens with zero attached hydrogens (tertiary/aromatic N) is 6. The van der Waals surface area contributed by atoms with E-state index in [2.05, 4.69) is 55.7 Å². The Morgan fingerprint density at radius 1 is 1.00 bits per heavy atom. The average molecular weight is 403 g/mol. The molecule has 3 fully saturated rings. The lowest BCUT2D eigenvalue weighted by Gasteiger charge is -2.55. The van der Waals surface area contributed by atoms with Crippen molar-refractivity contribution in [2.75, 3.05) is 19.6 Å². The zero-order chi connectivity index (χ0) is 20.1. The van der Waals surface area contributed by atoms with Gasteiger partial charge in [-0.1, -0.05) is 30.3 Å². The standard InChI is InChI=1S/C23H26N6O/c30-23(18-9-10-22-24-25-26-29(22)15-18)27-12-16-11-19(14-27)21-8-4-7-20(28(21)13-16)17-5-2-1-3-6-17/h1-3,5-6,9-10,15-16,19-21H,4,7-8,11-14H2/t16-,19+,20+,21-/m0/s1. The molecule has 0 spiro atoms. The number of likely N-dealkylation sites (tertiary alicyclic amines) is 1. The summed E-state index contributed by atoms with van der Waals surface area (Å²) in [6, 6.07) is 15.7. The zero-order valence-electron chi connectivity index (χ0n) is 17.0. The highest BCUT2D eigenvalue weighted by atomic mass is 16.2. The lowest BCUT2D eigenvalue weighted by molar-refractivity contribution is -0.0511. The van der Waals surface area contributed by atoms with E-state index in [1.165, 1.54) is 31.2 Å². The number of hydrogen-bond acceptors (Lipinski definition) is 5. The minimum absolute atomic E-state index is 0.103. The van der Waals surface area contributed by atoms with Gasteiger partial charge >= 0.3 is 0 Å².